The van der Waals surface area contributed by atoms with E-state index in [4.69, 9.17) is 0 Å². The SMILES string of the molecule is CC(c1ccncc1)N(C)C(=O)C1CCN(S(=O)(=O)c2ccc3c(c2)CCC3)CC1. The number of hydrogen-bond acceptors (Lipinski definition) is 4. The van der Waals surface area contributed by atoms with Crippen molar-refractivity contribution in [3.63, 3.8) is 0 Å². The molecule has 30 heavy (non-hydrogen) atoms. The summed E-state index contributed by atoms with van der Waals surface area (Å²) in [6, 6.07) is 9.33. The van der Waals surface area contributed by atoms with Crippen LogP contribution in [0.3, 0.4) is 0 Å². The molecular formula is C23H29N3O3S. The summed E-state index contributed by atoms with van der Waals surface area (Å²) in [5.41, 5.74) is 3.47. The fourth-order valence-electron chi connectivity index (χ4n) is 4.55. The Labute approximate surface area is 179 Å². The third-order valence-corrected chi connectivity index (χ3v) is 8.52. The highest BCUT2D eigenvalue weighted by molar-refractivity contribution is 7.89. The van der Waals surface area contributed by atoms with Crippen LogP contribution in [-0.4, -0.2) is 48.7 Å². The number of aromatic nitrogens is 1. The molecule has 1 saturated heterocycles. The molecule has 2 aliphatic rings. The standard InChI is InChI=1S/C23H29N3O3S/c1-17(18-8-12-24-13-9-18)25(2)23(27)20-10-14-26(15-11-20)30(28,29)22-7-6-19-4-3-5-21(19)16-22/h6-9,12-13,16-17,20H,3-5,10-11,14-15H2,1-2H3. The van der Waals surface area contributed by atoms with Gasteiger partial charge in [0.2, 0.25) is 15.9 Å². The van der Waals surface area contributed by atoms with Gasteiger partial charge < -0.3 is 4.90 Å². The van der Waals surface area contributed by atoms with Crippen molar-refractivity contribution < 1.29 is 13.2 Å². The summed E-state index contributed by atoms with van der Waals surface area (Å²) in [7, 11) is -1.69. The first kappa shape index (κ1) is 21.0. The molecule has 1 amide bonds. The summed E-state index contributed by atoms with van der Waals surface area (Å²) in [6.45, 7) is 2.77. The molecule has 1 unspecified atom stereocenters. The van der Waals surface area contributed by atoms with Gasteiger partial charge >= 0.3 is 0 Å². The number of nitrogens with zero attached hydrogens (tertiary/aromatic N) is 3. The molecule has 7 heteroatoms. The van der Waals surface area contributed by atoms with Gasteiger partial charge in [-0.25, -0.2) is 8.42 Å². The number of fused-ring (bicyclic) bond motifs is 1. The van der Waals surface area contributed by atoms with E-state index in [0.717, 1.165) is 30.4 Å². The smallest absolute Gasteiger partial charge is 0.243 e. The van der Waals surface area contributed by atoms with Gasteiger partial charge in [0.15, 0.2) is 0 Å². The number of pyridine rings is 1. The number of carbonyl (C=O) groups is 1. The minimum Gasteiger partial charge on any atom is -0.339 e. The van der Waals surface area contributed by atoms with Crippen molar-refractivity contribution in [3.8, 4) is 0 Å². The van der Waals surface area contributed by atoms with Gasteiger partial charge in [-0.15, -0.1) is 0 Å². The Morgan fingerprint density at radius 1 is 1.10 bits per heavy atom. The number of carbonyl (C=O) groups excluding carboxylic acids is 1. The highest BCUT2D eigenvalue weighted by Gasteiger charge is 2.34. The van der Waals surface area contributed by atoms with Gasteiger partial charge in [-0.1, -0.05) is 6.07 Å². The second-order valence-electron chi connectivity index (χ2n) is 8.37. The first-order chi connectivity index (χ1) is 14.4. The van der Waals surface area contributed by atoms with Crippen LogP contribution in [-0.2, 0) is 27.7 Å². The molecule has 1 aliphatic heterocycles. The molecule has 0 bridgehead atoms. The first-order valence-corrected chi connectivity index (χ1v) is 12.1. The highest BCUT2D eigenvalue weighted by atomic mass is 32.2. The van der Waals surface area contributed by atoms with E-state index in [2.05, 4.69) is 4.98 Å². The lowest BCUT2D eigenvalue weighted by Gasteiger charge is -2.34. The van der Waals surface area contributed by atoms with Crippen LogP contribution in [0.1, 0.15) is 48.9 Å². The number of amides is 1. The minimum absolute atomic E-state index is 0.0475. The van der Waals surface area contributed by atoms with Crippen molar-refractivity contribution in [2.45, 2.75) is 50.0 Å². The summed E-state index contributed by atoms with van der Waals surface area (Å²) in [5, 5.41) is 0. The van der Waals surface area contributed by atoms with Crippen molar-refractivity contribution >= 4 is 15.9 Å². The number of rotatable bonds is 5. The van der Waals surface area contributed by atoms with Crippen LogP contribution in [0.25, 0.3) is 0 Å². The van der Waals surface area contributed by atoms with Crippen LogP contribution < -0.4 is 0 Å². The van der Waals surface area contributed by atoms with Crippen LogP contribution in [0.2, 0.25) is 0 Å². The van der Waals surface area contributed by atoms with E-state index in [1.54, 1.807) is 27.7 Å². The molecule has 0 radical (unpaired) electrons. The second-order valence-corrected chi connectivity index (χ2v) is 10.3. The maximum Gasteiger partial charge on any atom is 0.243 e. The van der Waals surface area contributed by atoms with Crippen molar-refractivity contribution in [2.75, 3.05) is 20.1 Å². The number of sulfonamides is 1. The Balaban J connectivity index is 1.40. The maximum absolute atomic E-state index is 13.1. The molecule has 6 nitrogen and oxygen atoms in total. The normalized spacial score (nSPS) is 18.7. The predicted molar refractivity (Wildman–Crippen MR) is 115 cm³/mol. The molecule has 2 aromatic rings. The van der Waals surface area contributed by atoms with Crippen LogP contribution in [0, 0.1) is 5.92 Å². The predicted octanol–water partition coefficient (Wildman–Crippen LogP) is 3.19. The Kier molecular flexibility index (Phi) is 5.93. The van der Waals surface area contributed by atoms with Gasteiger partial charge in [0.25, 0.3) is 0 Å². The monoisotopic (exact) mass is 427 g/mol. The molecule has 160 valence electrons. The van der Waals surface area contributed by atoms with Crippen molar-refractivity contribution in [1.29, 1.82) is 0 Å². The van der Waals surface area contributed by atoms with Gasteiger partial charge in [-0.3, -0.25) is 9.78 Å². The van der Waals surface area contributed by atoms with Crippen LogP contribution in [0.15, 0.2) is 47.6 Å². The zero-order valence-corrected chi connectivity index (χ0v) is 18.4. The average molecular weight is 428 g/mol. The molecule has 1 atom stereocenters. The van der Waals surface area contributed by atoms with E-state index in [1.807, 2.05) is 38.2 Å². The van der Waals surface area contributed by atoms with E-state index in [-0.39, 0.29) is 17.9 Å². The summed E-state index contributed by atoms with van der Waals surface area (Å²) in [4.78, 5) is 19.2. The van der Waals surface area contributed by atoms with Crippen LogP contribution in [0.5, 0.6) is 0 Å². The van der Waals surface area contributed by atoms with Gasteiger partial charge in [0, 0.05) is 38.4 Å². The van der Waals surface area contributed by atoms with Gasteiger partial charge in [0.1, 0.15) is 0 Å². The molecule has 2 heterocycles. The Bertz CT molecular complexity index is 1020. The molecule has 1 aromatic heterocycles. The van der Waals surface area contributed by atoms with Crippen molar-refractivity contribution in [3.05, 3.63) is 59.4 Å². The molecule has 1 aliphatic carbocycles. The van der Waals surface area contributed by atoms with Crippen LogP contribution in [0.4, 0.5) is 0 Å². The van der Waals surface area contributed by atoms with Crippen molar-refractivity contribution in [2.24, 2.45) is 5.92 Å². The van der Waals surface area contributed by atoms with E-state index in [0.29, 0.717) is 30.8 Å². The summed E-state index contributed by atoms with van der Waals surface area (Å²) >= 11 is 0. The lowest BCUT2D eigenvalue weighted by molar-refractivity contribution is -0.137. The van der Waals surface area contributed by atoms with E-state index < -0.39 is 10.0 Å². The average Bonchev–Trinajstić information content (AvgIpc) is 3.26. The summed E-state index contributed by atoms with van der Waals surface area (Å²) < 4.78 is 27.8. The Hall–Kier alpha value is -2.25. The van der Waals surface area contributed by atoms with Gasteiger partial charge in [0.05, 0.1) is 10.9 Å². The molecule has 0 spiro atoms. The summed E-state index contributed by atoms with van der Waals surface area (Å²) in [5.74, 6) is -0.0698. The third-order valence-electron chi connectivity index (χ3n) is 6.63. The summed E-state index contributed by atoms with van der Waals surface area (Å²) in [6.07, 6.45) is 7.65. The largest absolute Gasteiger partial charge is 0.339 e. The molecule has 1 aromatic carbocycles. The number of aryl methyl sites for hydroxylation is 2. The quantitative estimate of drug-likeness (QED) is 0.735. The minimum atomic E-state index is -3.51. The topological polar surface area (TPSA) is 70.6 Å². The number of piperidine rings is 1. The first-order valence-electron chi connectivity index (χ1n) is 10.7. The van der Waals surface area contributed by atoms with Crippen molar-refractivity contribution in [1.82, 2.24) is 14.2 Å². The van der Waals surface area contributed by atoms with E-state index >= 15 is 0 Å². The van der Waals surface area contributed by atoms with E-state index in [1.165, 1.54) is 5.56 Å². The van der Waals surface area contributed by atoms with Gasteiger partial charge in [-0.2, -0.15) is 4.31 Å². The highest BCUT2D eigenvalue weighted by Crippen LogP contribution is 2.30. The lowest BCUT2D eigenvalue weighted by atomic mass is 9.95. The number of benzene rings is 1. The molecule has 1 fully saturated rings. The third kappa shape index (κ3) is 4.01. The number of hydrogen-bond donors (Lipinski definition) is 0. The molecule has 4 rings (SSSR count). The Morgan fingerprint density at radius 2 is 1.77 bits per heavy atom. The zero-order valence-electron chi connectivity index (χ0n) is 17.6. The fourth-order valence-corrected chi connectivity index (χ4v) is 6.07. The Morgan fingerprint density at radius 3 is 2.47 bits per heavy atom. The maximum atomic E-state index is 13.1. The molecule has 0 saturated carbocycles. The zero-order chi connectivity index (χ0) is 21.3. The lowest BCUT2D eigenvalue weighted by Crippen LogP contribution is -2.44. The fraction of sp³-hybridized carbons (Fsp3) is 0.478. The molecule has 0 N–H and O–H groups in total. The molecular weight excluding hydrogens is 398 g/mol. The van der Waals surface area contributed by atoms with E-state index in [9.17, 15) is 13.2 Å². The van der Waals surface area contributed by atoms with Gasteiger partial charge in [-0.05, 0) is 80.0 Å². The van der Waals surface area contributed by atoms with Crippen LogP contribution >= 0.6 is 0 Å². The second kappa shape index (κ2) is 8.47.